The fourth-order valence-electron chi connectivity index (χ4n) is 1.96. The molecule has 1 aliphatic rings. The number of nitrogens with one attached hydrogen (secondary N) is 1. The summed E-state index contributed by atoms with van der Waals surface area (Å²) in [4.78, 5) is 26.8. The maximum atomic E-state index is 12.9. The Balaban J connectivity index is 1.79. The molecular formula is C16H10FN3O3S. The minimum absolute atomic E-state index is 0.0146. The summed E-state index contributed by atoms with van der Waals surface area (Å²) < 4.78 is 12.9. The first kappa shape index (κ1) is 15.9. The number of amides is 1. The summed E-state index contributed by atoms with van der Waals surface area (Å²) in [5.74, 6) is -0.667. The van der Waals surface area contributed by atoms with E-state index < -0.39 is 4.92 Å². The molecule has 8 heteroatoms. The van der Waals surface area contributed by atoms with Gasteiger partial charge < -0.3 is 5.32 Å². The zero-order valence-corrected chi connectivity index (χ0v) is 12.9. The minimum Gasteiger partial charge on any atom is -0.300 e. The average Bonchev–Trinajstić information content (AvgIpc) is 2.89. The molecule has 1 amide bonds. The number of aliphatic imine (C=N–C) groups is 1. The molecule has 0 radical (unpaired) electrons. The van der Waals surface area contributed by atoms with E-state index in [1.54, 1.807) is 18.2 Å². The number of rotatable bonds is 3. The van der Waals surface area contributed by atoms with Crippen LogP contribution < -0.4 is 5.32 Å². The lowest BCUT2D eigenvalue weighted by Crippen LogP contribution is -2.19. The van der Waals surface area contributed by atoms with Crippen LogP contribution in [0.1, 0.15) is 5.56 Å². The highest BCUT2D eigenvalue weighted by Crippen LogP contribution is 2.28. The number of halogens is 1. The number of carbonyl (C=O) groups is 1. The van der Waals surface area contributed by atoms with Crippen molar-refractivity contribution in [1.29, 1.82) is 0 Å². The van der Waals surface area contributed by atoms with E-state index in [2.05, 4.69) is 10.3 Å². The van der Waals surface area contributed by atoms with Gasteiger partial charge in [-0.2, -0.15) is 0 Å². The van der Waals surface area contributed by atoms with Gasteiger partial charge in [0.2, 0.25) is 0 Å². The van der Waals surface area contributed by atoms with Gasteiger partial charge in [0.05, 0.1) is 15.5 Å². The lowest BCUT2D eigenvalue weighted by molar-refractivity contribution is -0.384. The maximum Gasteiger partial charge on any atom is 0.269 e. The molecule has 0 aliphatic carbocycles. The van der Waals surface area contributed by atoms with E-state index in [4.69, 9.17) is 0 Å². The zero-order chi connectivity index (χ0) is 17.1. The second-order valence-corrected chi connectivity index (χ2v) is 5.84. The highest BCUT2D eigenvalue weighted by Gasteiger charge is 2.23. The lowest BCUT2D eigenvalue weighted by Gasteiger charge is -1.96. The van der Waals surface area contributed by atoms with Gasteiger partial charge in [0.15, 0.2) is 5.17 Å². The standard InChI is InChI=1S/C16H10FN3O3S/c17-11-3-5-12(6-4-11)18-16-19-15(21)14(24-16)9-10-1-7-13(8-2-10)20(22)23/h1-9H,(H,18,19,21). The summed E-state index contributed by atoms with van der Waals surface area (Å²) in [6.45, 7) is 0. The Bertz CT molecular complexity index is 861. The average molecular weight is 343 g/mol. The number of benzene rings is 2. The minimum atomic E-state index is -0.485. The molecule has 0 atom stereocenters. The molecule has 0 aromatic heterocycles. The molecule has 1 aliphatic heterocycles. The molecular weight excluding hydrogens is 333 g/mol. The zero-order valence-electron chi connectivity index (χ0n) is 12.1. The Morgan fingerprint density at radius 1 is 1.12 bits per heavy atom. The molecule has 2 aromatic carbocycles. The molecule has 0 spiro atoms. The lowest BCUT2D eigenvalue weighted by atomic mass is 10.2. The van der Waals surface area contributed by atoms with E-state index in [1.807, 2.05) is 0 Å². The van der Waals surface area contributed by atoms with Gasteiger partial charge in [-0.1, -0.05) is 0 Å². The van der Waals surface area contributed by atoms with Crippen molar-refractivity contribution in [1.82, 2.24) is 5.32 Å². The van der Waals surface area contributed by atoms with Crippen LogP contribution >= 0.6 is 11.8 Å². The van der Waals surface area contributed by atoms with E-state index in [-0.39, 0.29) is 17.4 Å². The van der Waals surface area contributed by atoms with E-state index in [0.29, 0.717) is 21.3 Å². The van der Waals surface area contributed by atoms with Crippen molar-refractivity contribution < 1.29 is 14.1 Å². The summed E-state index contributed by atoms with van der Waals surface area (Å²) in [5, 5.41) is 13.6. The fourth-order valence-corrected chi connectivity index (χ4v) is 2.80. The SMILES string of the molecule is O=C1NC(=Nc2ccc(F)cc2)SC1=Cc1ccc([N+](=O)[O-])cc1. The van der Waals surface area contributed by atoms with Crippen molar-refractivity contribution in [3.05, 3.63) is 74.9 Å². The van der Waals surface area contributed by atoms with E-state index in [0.717, 1.165) is 11.8 Å². The van der Waals surface area contributed by atoms with Crippen LogP contribution in [0.3, 0.4) is 0 Å². The number of nitrogens with zero attached hydrogens (tertiary/aromatic N) is 2. The van der Waals surface area contributed by atoms with Gasteiger partial charge in [-0.15, -0.1) is 0 Å². The summed E-state index contributed by atoms with van der Waals surface area (Å²) in [5.41, 5.74) is 1.18. The summed E-state index contributed by atoms with van der Waals surface area (Å²) in [7, 11) is 0. The Kier molecular flexibility index (Phi) is 4.39. The molecule has 0 saturated carbocycles. The van der Waals surface area contributed by atoms with Crippen LogP contribution in [0.5, 0.6) is 0 Å². The second-order valence-electron chi connectivity index (χ2n) is 4.81. The summed E-state index contributed by atoms with van der Waals surface area (Å²) >= 11 is 1.15. The number of nitro benzene ring substituents is 1. The quantitative estimate of drug-likeness (QED) is 0.524. The van der Waals surface area contributed by atoms with Crippen LogP contribution in [-0.2, 0) is 4.79 Å². The molecule has 1 N–H and O–H groups in total. The van der Waals surface area contributed by atoms with E-state index in [1.165, 1.54) is 36.4 Å². The Hall–Kier alpha value is -3.00. The number of non-ortho nitro benzene ring substituents is 1. The third-order valence-electron chi connectivity index (χ3n) is 3.11. The van der Waals surface area contributed by atoms with Gasteiger partial charge in [0.25, 0.3) is 11.6 Å². The van der Waals surface area contributed by atoms with Gasteiger partial charge in [-0.05, 0) is 59.8 Å². The van der Waals surface area contributed by atoms with Gasteiger partial charge in [0, 0.05) is 12.1 Å². The van der Waals surface area contributed by atoms with Gasteiger partial charge in [-0.25, -0.2) is 9.38 Å². The number of hydrogen-bond donors (Lipinski definition) is 1. The number of carbonyl (C=O) groups excluding carboxylic acids is 1. The third-order valence-corrected chi connectivity index (χ3v) is 4.02. The molecule has 120 valence electrons. The smallest absolute Gasteiger partial charge is 0.269 e. The first-order valence-corrected chi connectivity index (χ1v) is 7.62. The van der Waals surface area contributed by atoms with Crippen molar-refractivity contribution >= 4 is 40.3 Å². The summed E-state index contributed by atoms with van der Waals surface area (Å²) in [6, 6.07) is 11.5. The molecule has 3 rings (SSSR count). The number of nitro groups is 1. The van der Waals surface area contributed by atoms with Crippen molar-refractivity contribution in [3.63, 3.8) is 0 Å². The fraction of sp³-hybridized carbons (Fsp3) is 0. The van der Waals surface area contributed by atoms with Gasteiger partial charge in [0.1, 0.15) is 5.82 Å². The summed E-state index contributed by atoms with van der Waals surface area (Å²) in [6.07, 6.45) is 1.62. The molecule has 2 aromatic rings. The Morgan fingerprint density at radius 2 is 1.79 bits per heavy atom. The first-order valence-electron chi connectivity index (χ1n) is 6.81. The van der Waals surface area contributed by atoms with E-state index in [9.17, 15) is 19.3 Å². The monoisotopic (exact) mass is 343 g/mol. The second kappa shape index (κ2) is 6.63. The van der Waals surface area contributed by atoms with Crippen LogP contribution in [-0.4, -0.2) is 16.0 Å². The number of amidine groups is 1. The highest BCUT2D eigenvalue weighted by atomic mass is 32.2. The number of hydrogen-bond acceptors (Lipinski definition) is 5. The molecule has 24 heavy (non-hydrogen) atoms. The predicted molar refractivity (Wildman–Crippen MR) is 90.3 cm³/mol. The molecule has 1 saturated heterocycles. The van der Waals surface area contributed by atoms with Crippen molar-refractivity contribution in [2.24, 2.45) is 4.99 Å². The largest absolute Gasteiger partial charge is 0.300 e. The van der Waals surface area contributed by atoms with Gasteiger partial charge in [-0.3, -0.25) is 14.9 Å². The van der Waals surface area contributed by atoms with Gasteiger partial charge >= 0.3 is 0 Å². The van der Waals surface area contributed by atoms with Crippen LogP contribution in [0, 0.1) is 15.9 Å². The Morgan fingerprint density at radius 3 is 2.42 bits per heavy atom. The molecule has 6 nitrogen and oxygen atoms in total. The normalized spacial score (nSPS) is 17.3. The molecule has 1 heterocycles. The topological polar surface area (TPSA) is 84.6 Å². The number of thioether (sulfide) groups is 1. The Labute approximate surface area is 140 Å². The van der Waals surface area contributed by atoms with Crippen molar-refractivity contribution in [2.45, 2.75) is 0 Å². The molecule has 0 bridgehead atoms. The maximum absolute atomic E-state index is 12.9. The van der Waals surface area contributed by atoms with Crippen LogP contribution in [0.15, 0.2) is 58.4 Å². The van der Waals surface area contributed by atoms with Crippen molar-refractivity contribution in [2.75, 3.05) is 0 Å². The predicted octanol–water partition coefficient (Wildman–Crippen LogP) is 3.63. The van der Waals surface area contributed by atoms with Crippen LogP contribution in [0.2, 0.25) is 0 Å². The first-order chi connectivity index (χ1) is 11.5. The highest BCUT2D eigenvalue weighted by molar-refractivity contribution is 8.18. The molecule has 0 unspecified atom stereocenters. The molecule has 1 fully saturated rings. The van der Waals surface area contributed by atoms with Crippen LogP contribution in [0.4, 0.5) is 15.8 Å². The van der Waals surface area contributed by atoms with Crippen molar-refractivity contribution in [3.8, 4) is 0 Å². The third kappa shape index (κ3) is 3.66. The van der Waals surface area contributed by atoms with Crippen LogP contribution in [0.25, 0.3) is 6.08 Å². The van der Waals surface area contributed by atoms with E-state index >= 15 is 0 Å².